The second-order valence-electron chi connectivity index (χ2n) is 10.1. The topological polar surface area (TPSA) is 116 Å². The number of fused-ring (bicyclic) bond motifs is 1. The maximum atomic E-state index is 12.8. The summed E-state index contributed by atoms with van der Waals surface area (Å²) in [5, 5.41) is 18.5. The molecular weight excluding hydrogens is 537 g/mol. The molecule has 8 nitrogen and oxygen atoms in total. The van der Waals surface area contributed by atoms with Crippen LogP contribution in [0.2, 0.25) is 10.0 Å². The highest BCUT2D eigenvalue weighted by Crippen LogP contribution is 2.37. The molecule has 1 fully saturated rings. The largest absolute Gasteiger partial charge is 0.481 e. The Labute approximate surface area is 230 Å². The monoisotopic (exact) mass is 567 g/mol. The van der Waals surface area contributed by atoms with Crippen LogP contribution in [0, 0.1) is 11.3 Å². The van der Waals surface area contributed by atoms with Crippen molar-refractivity contribution in [3.05, 3.63) is 39.2 Å². The van der Waals surface area contributed by atoms with Crippen LogP contribution in [0.3, 0.4) is 0 Å². The molecule has 3 amide bonds. The quantitative estimate of drug-likeness (QED) is 0.404. The molecule has 1 unspecified atom stereocenters. The lowest BCUT2D eigenvalue weighted by Crippen LogP contribution is -2.49. The van der Waals surface area contributed by atoms with Gasteiger partial charge in [-0.25, -0.2) is 0 Å². The van der Waals surface area contributed by atoms with Gasteiger partial charge in [-0.05, 0) is 47.4 Å². The third kappa shape index (κ3) is 7.69. The highest BCUT2D eigenvalue weighted by atomic mass is 35.5. The predicted molar refractivity (Wildman–Crippen MR) is 147 cm³/mol. The molecule has 1 aromatic heterocycles. The molecule has 11 heteroatoms. The van der Waals surface area contributed by atoms with Crippen LogP contribution >= 0.6 is 34.5 Å². The van der Waals surface area contributed by atoms with Crippen molar-refractivity contribution in [2.45, 2.75) is 46.1 Å². The van der Waals surface area contributed by atoms with Gasteiger partial charge in [-0.2, -0.15) is 0 Å². The number of piperidine rings is 1. The Morgan fingerprint density at radius 1 is 1.19 bits per heavy atom. The van der Waals surface area contributed by atoms with Crippen molar-refractivity contribution in [3.63, 3.8) is 0 Å². The van der Waals surface area contributed by atoms with E-state index >= 15 is 0 Å². The molecule has 1 aliphatic rings. The van der Waals surface area contributed by atoms with Gasteiger partial charge in [-0.3, -0.25) is 19.2 Å². The van der Waals surface area contributed by atoms with E-state index in [2.05, 4.69) is 10.6 Å². The van der Waals surface area contributed by atoms with Crippen molar-refractivity contribution in [3.8, 4) is 0 Å². The summed E-state index contributed by atoms with van der Waals surface area (Å²) in [6.07, 6.45) is 3.81. The molecule has 3 N–H and O–H groups in total. The lowest BCUT2D eigenvalue weighted by Gasteiger charge is -2.32. The van der Waals surface area contributed by atoms with Crippen LogP contribution in [0.25, 0.3) is 16.2 Å². The predicted octanol–water partition coefficient (Wildman–Crippen LogP) is 4.58. The van der Waals surface area contributed by atoms with Crippen molar-refractivity contribution in [2.24, 2.45) is 11.3 Å². The van der Waals surface area contributed by atoms with Gasteiger partial charge in [-0.15, -0.1) is 11.3 Å². The zero-order valence-electron chi connectivity index (χ0n) is 21.0. The fourth-order valence-corrected chi connectivity index (χ4v) is 5.41. The fraction of sp³-hybridized carbons (Fsp3) is 0.462. The van der Waals surface area contributed by atoms with Gasteiger partial charge in [0.1, 0.15) is 0 Å². The Morgan fingerprint density at radius 2 is 1.86 bits per heavy atom. The van der Waals surface area contributed by atoms with E-state index in [1.165, 1.54) is 17.4 Å². The van der Waals surface area contributed by atoms with Crippen LogP contribution in [0.1, 0.15) is 45.6 Å². The van der Waals surface area contributed by atoms with Crippen molar-refractivity contribution >= 4 is 74.4 Å². The third-order valence-electron chi connectivity index (χ3n) is 6.19. The van der Waals surface area contributed by atoms with Crippen molar-refractivity contribution in [2.75, 3.05) is 19.6 Å². The zero-order valence-corrected chi connectivity index (χ0v) is 23.3. The molecule has 0 saturated carbocycles. The van der Waals surface area contributed by atoms with Gasteiger partial charge >= 0.3 is 5.97 Å². The lowest BCUT2D eigenvalue weighted by atomic mass is 9.95. The summed E-state index contributed by atoms with van der Waals surface area (Å²) < 4.78 is 0.904. The molecule has 0 bridgehead atoms. The maximum absolute atomic E-state index is 12.8. The number of benzene rings is 1. The van der Waals surface area contributed by atoms with Crippen molar-refractivity contribution in [1.29, 1.82) is 0 Å². The molecule has 1 aromatic carbocycles. The van der Waals surface area contributed by atoms with Crippen LogP contribution in [0.15, 0.2) is 23.6 Å². The number of carboxylic acid groups (broad SMARTS) is 1. The van der Waals surface area contributed by atoms with Gasteiger partial charge < -0.3 is 20.6 Å². The number of carbonyl (C=O) groups is 4. The Morgan fingerprint density at radius 3 is 2.49 bits per heavy atom. The van der Waals surface area contributed by atoms with E-state index in [1.807, 2.05) is 17.5 Å². The minimum Gasteiger partial charge on any atom is -0.481 e. The number of hydrogen-bond acceptors (Lipinski definition) is 5. The molecule has 3 rings (SSSR count). The van der Waals surface area contributed by atoms with Crippen molar-refractivity contribution < 1.29 is 24.3 Å². The van der Waals surface area contributed by atoms with Crippen LogP contribution in [-0.4, -0.2) is 59.4 Å². The molecular formula is C26H31Cl2N3O5S. The number of halogens is 2. The van der Waals surface area contributed by atoms with Gasteiger partial charge in [0.25, 0.3) is 0 Å². The molecule has 2 heterocycles. The van der Waals surface area contributed by atoms with Gasteiger partial charge in [0, 0.05) is 37.2 Å². The molecule has 1 saturated heterocycles. The van der Waals surface area contributed by atoms with E-state index in [4.69, 9.17) is 23.2 Å². The molecule has 200 valence electrons. The molecule has 0 aliphatic carbocycles. The Balaban J connectivity index is 1.53. The van der Waals surface area contributed by atoms with E-state index in [9.17, 15) is 24.3 Å². The van der Waals surface area contributed by atoms with Gasteiger partial charge in [0.05, 0.1) is 27.1 Å². The summed E-state index contributed by atoms with van der Waals surface area (Å²) in [6.45, 7) is 6.05. The van der Waals surface area contributed by atoms with Gasteiger partial charge in [-0.1, -0.05) is 44.0 Å². The summed E-state index contributed by atoms with van der Waals surface area (Å²) in [5.74, 6) is -2.84. The van der Waals surface area contributed by atoms with E-state index in [0.29, 0.717) is 41.5 Å². The summed E-state index contributed by atoms with van der Waals surface area (Å²) in [6, 6.07) is 3.65. The smallest absolute Gasteiger partial charge is 0.304 e. The highest BCUT2D eigenvalue weighted by molar-refractivity contribution is 7.18. The normalized spacial score (nSPS) is 15.6. The first kappa shape index (κ1) is 28.9. The number of nitrogens with one attached hydrogen (secondary N) is 2. The summed E-state index contributed by atoms with van der Waals surface area (Å²) in [4.78, 5) is 50.6. The van der Waals surface area contributed by atoms with Gasteiger partial charge in [0.15, 0.2) is 0 Å². The number of amides is 3. The van der Waals surface area contributed by atoms with E-state index in [1.54, 1.807) is 31.7 Å². The summed E-state index contributed by atoms with van der Waals surface area (Å²) in [7, 11) is 0. The number of carboxylic acids is 1. The number of likely N-dealkylation sites (tertiary alicyclic amines) is 1. The molecule has 0 radical (unpaired) electrons. The van der Waals surface area contributed by atoms with Crippen LogP contribution in [-0.2, 0) is 19.2 Å². The first-order valence-corrected chi connectivity index (χ1v) is 13.6. The zero-order chi connectivity index (χ0) is 27.3. The SMILES string of the molecule is CC(C)(C)C(=O)NCC(CC(=O)O)C(=O)NC1CCN(C(=O)/C=C/c2cc3ccsc3c(Cl)c2Cl)CC1. The Kier molecular flexibility index (Phi) is 9.61. The second-order valence-corrected chi connectivity index (χ2v) is 11.8. The van der Waals surface area contributed by atoms with Crippen LogP contribution < -0.4 is 10.6 Å². The van der Waals surface area contributed by atoms with Crippen LogP contribution in [0.4, 0.5) is 0 Å². The van der Waals surface area contributed by atoms with Crippen LogP contribution in [0.5, 0.6) is 0 Å². The summed E-state index contributed by atoms with van der Waals surface area (Å²) >= 11 is 14.2. The second kappa shape index (κ2) is 12.3. The Hall–Kier alpha value is -2.62. The number of hydrogen-bond donors (Lipinski definition) is 3. The lowest BCUT2D eigenvalue weighted by molar-refractivity contribution is -0.142. The standard InChI is InChI=1S/C26H31Cl2N3O5S/c1-26(2,3)25(36)29-14-17(13-20(33)34)24(35)30-18-6-9-31(10-7-18)19(32)5-4-15-12-16-8-11-37-23(16)22(28)21(15)27/h4-5,8,11-12,17-18H,6-7,9-10,13-14H2,1-3H3,(H,29,36)(H,30,35)(H,33,34)/b5-4+. The number of nitrogens with zero attached hydrogens (tertiary/aromatic N) is 1. The number of rotatable bonds is 8. The van der Waals surface area contributed by atoms with Gasteiger partial charge in [0.2, 0.25) is 17.7 Å². The number of aliphatic carboxylic acids is 1. The molecule has 1 aliphatic heterocycles. The number of carbonyl (C=O) groups excluding carboxylic acids is 3. The Bertz CT molecular complexity index is 1210. The average molecular weight is 569 g/mol. The minimum atomic E-state index is -1.11. The number of thiophene rings is 1. The first-order chi connectivity index (χ1) is 17.4. The maximum Gasteiger partial charge on any atom is 0.304 e. The van der Waals surface area contributed by atoms with E-state index < -0.39 is 23.2 Å². The summed E-state index contributed by atoms with van der Waals surface area (Å²) in [5.41, 5.74) is 0.0165. The van der Waals surface area contributed by atoms with E-state index in [-0.39, 0.29) is 30.8 Å². The van der Waals surface area contributed by atoms with Crippen molar-refractivity contribution in [1.82, 2.24) is 15.5 Å². The first-order valence-electron chi connectivity index (χ1n) is 12.0. The van der Waals surface area contributed by atoms with E-state index in [0.717, 1.165) is 10.1 Å². The molecule has 37 heavy (non-hydrogen) atoms. The minimum absolute atomic E-state index is 0.0554. The average Bonchev–Trinajstić information content (AvgIpc) is 3.31. The molecule has 0 spiro atoms. The third-order valence-corrected chi connectivity index (χ3v) is 8.13. The fourth-order valence-electron chi connectivity index (χ4n) is 3.97. The highest BCUT2D eigenvalue weighted by Gasteiger charge is 2.29. The molecule has 2 aromatic rings. The molecule has 1 atom stereocenters.